The third kappa shape index (κ3) is 2.96. The van der Waals surface area contributed by atoms with Gasteiger partial charge < -0.3 is 5.32 Å². The van der Waals surface area contributed by atoms with Crippen LogP contribution in [0.25, 0.3) is 16.9 Å². The van der Waals surface area contributed by atoms with Gasteiger partial charge >= 0.3 is 0 Å². The SMILES string of the molecule is O=[N+]([O-])c1ccccc1-n1nc(-c2ccccc2I)c2c1NCCCC2. The third-order valence-corrected chi connectivity index (χ3v) is 5.51. The van der Waals surface area contributed by atoms with E-state index in [9.17, 15) is 10.1 Å². The number of aromatic nitrogens is 2. The van der Waals surface area contributed by atoms with Gasteiger partial charge in [-0.2, -0.15) is 5.10 Å². The Hall–Kier alpha value is -2.42. The molecule has 0 bridgehead atoms. The van der Waals surface area contributed by atoms with Crippen molar-refractivity contribution in [3.05, 3.63) is 67.8 Å². The maximum absolute atomic E-state index is 11.5. The summed E-state index contributed by atoms with van der Waals surface area (Å²) in [5.74, 6) is 0.867. The fraction of sp³-hybridized carbons (Fsp3) is 0.211. The summed E-state index contributed by atoms with van der Waals surface area (Å²) in [6, 6.07) is 14.9. The van der Waals surface area contributed by atoms with E-state index < -0.39 is 0 Å². The molecule has 0 atom stereocenters. The summed E-state index contributed by atoms with van der Waals surface area (Å²) in [6.07, 6.45) is 3.04. The fourth-order valence-electron chi connectivity index (χ4n) is 3.34. The number of hydrogen-bond donors (Lipinski definition) is 1. The zero-order chi connectivity index (χ0) is 18.1. The molecule has 7 heteroatoms. The Kier molecular flexibility index (Phi) is 4.62. The van der Waals surface area contributed by atoms with E-state index >= 15 is 0 Å². The molecular weight excluding hydrogens is 443 g/mol. The highest BCUT2D eigenvalue weighted by molar-refractivity contribution is 14.1. The molecule has 1 N–H and O–H groups in total. The number of halogens is 1. The first kappa shape index (κ1) is 17.0. The minimum Gasteiger partial charge on any atom is -0.370 e. The highest BCUT2D eigenvalue weighted by Gasteiger charge is 2.25. The normalized spacial score (nSPS) is 13.6. The lowest BCUT2D eigenvalue weighted by molar-refractivity contribution is -0.384. The first-order chi connectivity index (χ1) is 12.7. The second kappa shape index (κ2) is 7.06. The van der Waals surface area contributed by atoms with Crippen LogP contribution in [0.2, 0.25) is 0 Å². The molecule has 3 aromatic rings. The lowest BCUT2D eigenvalue weighted by atomic mass is 10.0. The minimum atomic E-state index is -0.355. The number of rotatable bonds is 3. The van der Waals surface area contributed by atoms with Crippen LogP contribution >= 0.6 is 22.6 Å². The van der Waals surface area contributed by atoms with E-state index in [2.05, 4.69) is 40.0 Å². The molecule has 1 aliphatic heterocycles. The average molecular weight is 460 g/mol. The van der Waals surface area contributed by atoms with Gasteiger partial charge in [-0.05, 0) is 54.0 Å². The van der Waals surface area contributed by atoms with Crippen molar-refractivity contribution in [2.45, 2.75) is 19.3 Å². The summed E-state index contributed by atoms with van der Waals surface area (Å²) in [7, 11) is 0. The lowest BCUT2D eigenvalue weighted by Gasteiger charge is -2.09. The number of nitro benzene ring substituents is 1. The molecule has 1 aliphatic rings. The highest BCUT2D eigenvalue weighted by atomic mass is 127. The summed E-state index contributed by atoms with van der Waals surface area (Å²) >= 11 is 2.31. The van der Waals surface area contributed by atoms with E-state index in [0.29, 0.717) is 5.69 Å². The number of fused-ring (bicyclic) bond motifs is 1. The molecule has 0 aliphatic carbocycles. The summed E-state index contributed by atoms with van der Waals surface area (Å²) in [4.78, 5) is 11.1. The van der Waals surface area contributed by atoms with Crippen LogP contribution in [0, 0.1) is 13.7 Å². The van der Waals surface area contributed by atoms with Crippen molar-refractivity contribution in [1.29, 1.82) is 0 Å². The predicted octanol–water partition coefficient (Wildman–Crippen LogP) is 4.80. The van der Waals surface area contributed by atoms with E-state index in [-0.39, 0.29) is 10.6 Å². The second-order valence-corrected chi connectivity index (χ2v) is 7.36. The Morgan fingerprint density at radius 2 is 1.88 bits per heavy atom. The molecule has 0 spiro atoms. The van der Waals surface area contributed by atoms with Gasteiger partial charge in [0.2, 0.25) is 0 Å². The number of nitro groups is 1. The summed E-state index contributed by atoms with van der Waals surface area (Å²) in [6.45, 7) is 0.838. The number of para-hydroxylation sites is 2. The van der Waals surface area contributed by atoms with Crippen LogP contribution < -0.4 is 5.32 Å². The van der Waals surface area contributed by atoms with E-state index in [1.165, 1.54) is 6.07 Å². The number of nitrogens with one attached hydrogen (secondary N) is 1. The van der Waals surface area contributed by atoms with Crippen molar-refractivity contribution < 1.29 is 4.92 Å². The third-order valence-electron chi connectivity index (χ3n) is 4.57. The number of benzene rings is 2. The van der Waals surface area contributed by atoms with Crippen LogP contribution in [0.5, 0.6) is 0 Å². The zero-order valence-electron chi connectivity index (χ0n) is 14.0. The lowest BCUT2D eigenvalue weighted by Crippen LogP contribution is -2.08. The Bertz CT molecular complexity index is 983. The molecular formula is C19H17IN4O2. The average Bonchev–Trinajstić information content (AvgIpc) is 2.83. The predicted molar refractivity (Wildman–Crippen MR) is 110 cm³/mol. The Morgan fingerprint density at radius 3 is 2.69 bits per heavy atom. The molecule has 2 heterocycles. The van der Waals surface area contributed by atoms with Crippen molar-refractivity contribution in [1.82, 2.24) is 9.78 Å². The van der Waals surface area contributed by atoms with E-state index in [4.69, 9.17) is 5.10 Å². The van der Waals surface area contributed by atoms with Crippen molar-refractivity contribution in [2.24, 2.45) is 0 Å². The van der Waals surface area contributed by atoms with Crippen molar-refractivity contribution >= 4 is 34.1 Å². The Labute approximate surface area is 164 Å². The van der Waals surface area contributed by atoms with Gasteiger partial charge in [0.25, 0.3) is 5.69 Å². The smallest absolute Gasteiger partial charge is 0.294 e. The number of nitrogens with zero attached hydrogens (tertiary/aromatic N) is 3. The monoisotopic (exact) mass is 460 g/mol. The van der Waals surface area contributed by atoms with Gasteiger partial charge in [0, 0.05) is 27.3 Å². The largest absolute Gasteiger partial charge is 0.370 e. The number of anilines is 1. The molecule has 132 valence electrons. The van der Waals surface area contributed by atoms with Gasteiger partial charge in [-0.25, -0.2) is 4.68 Å². The van der Waals surface area contributed by atoms with Gasteiger partial charge in [0.05, 0.1) is 10.6 Å². The maximum Gasteiger partial charge on any atom is 0.294 e. The van der Waals surface area contributed by atoms with Gasteiger partial charge in [-0.1, -0.05) is 30.3 Å². The summed E-state index contributed by atoms with van der Waals surface area (Å²) in [5, 5.41) is 19.8. The van der Waals surface area contributed by atoms with Gasteiger partial charge in [-0.15, -0.1) is 0 Å². The molecule has 6 nitrogen and oxygen atoms in total. The maximum atomic E-state index is 11.5. The summed E-state index contributed by atoms with van der Waals surface area (Å²) < 4.78 is 2.82. The minimum absolute atomic E-state index is 0.0538. The van der Waals surface area contributed by atoms with Gasteiger partial charge in [-0.3, -0.25) is 10.1 Å². The Morgan fingerprint density at radius 1 is 1.12 bits per heavy atom. The highest BCUT2D eigenvalue weighted by Crippen LogP contribution is 2.37. The molecule has 0 radical (unpaired) electrons. The van der Waals surface area contributed by atoms with Crippen LogP contribution in [0.4, 0.5) is 11.5 Å². The summed E-state index contributed by atoms with van der Waals surface area (Å²) in [5.41, 5.74) is 3.63. The first-order valence-electron chi connectivity index (χ1n) is 8.51. The second-order valence-electron chi connectivity index (χ2n) is 6.20. The molecule has 1 aromatic heterocycles. The molecule has 0 amide bonds. The zero-order valence-corrected chi connectivity index (χ0v) is 16.1. The van der Waals surface area contributed by atoms with Crippen molar-refractivity contribution in [3.8, 4) is 16.9 Å². The first-order valence-corrected chi connectivity index (χ1v) is 9.59. The molecule has 0 saturated carbocycles. The van der Waals surface area contributed by atoms with Gasteiger partial charge in [0.15, 0.2) is 0 Å². The topological polar surface area (TPSA) is 73.0 Å². The van der Waals surface area contributed by atoms with Crippen LogP contribution in [-0.2, 0) is 6.42 Å². The van der Waals surface area contributed by atoms with Crippen LogP contribution in [0.1, 0.15) is 18.4 Å². The van der Waals surface area contributed by atoms with E-state index in [1.807, 2.05) is 12.1 Å². The molecule has 26 heavy (non-hydrogen) atoms. The van der Waals surface area contributed by atoms with Crippen LogP contribution in [-0.4, -0.2) is 21.2 Å². The number of hydrogen-bond acceptors (Lipinski definition) is 4. The molecule has 0 fully saturated rings. The molecule has 0 saturated heterocycles. The molecule has 2 aromatic carbocycles. The fourth-order valence-corrected chi connectivity index (χ4v) is 3.99. The van der Waals surface area contributed by atoms with Crippen LogP contribution in [0.15, 0.2) is 48.5 Å². The van der Waals surface area contributed by atoms with Gasteiger partial charge in [0.1, 0.15) is 11.5 Å². The quantitative estimate of drug-likeness (QED) is 0.346. The molecule has 4 rings (SSSR count). The van der Waals surface area contributed by atoms with Crippen LogP contribution in [0.3, 0.4) is 0 Å². The van der Waals surface area contributed by atoms with Crippen molar-refractivity contribution in [3.63, 3.8) is 0 Å². The molecule has 0 unspecified atom stereocenters. The van der Waals surface area contributed by atoms with E-state index in [1.54, 1.807) is 22.9 Å². The standard InChI is InChI=1S/C19H17IN4O2/c20-15-9-2-1-7-13(15)18-14-8-5-6-12-21-19(14)23(22-18)16-10-3-4-11-17(16)24(25)26/h1-4,7,9-11,21H,5-6,8,12H2. The van der Waals surface area contributed by atoms with E-state index in [0.717, 1.165) is 52.0 Å². The Balaban J connectivity index is 1.98. The van der Waals surface area contributed by atoms with Crippen molar-refractivity contribution in [2.75, 3.05) is 11.9 Å².